The summed E-state index contributed by atoms with van der Waals surface area (Å²) in [4.78, 5) is 2.40. The van der Waals surface area contributed by atoms with E-state index in [4.69, 9.17) is 0 Å². The minimum absolute atomic E-state index is 0.527. The predicted octanol–water partition coefficient (Wildman–Crippen LogP) is 2.49. The number of nitrogens with one attached hydrogen (secondary N) is 1. The third-order valence-electron chi connectivity index (χ3n) is 3.68. The molecule has 1 fully saturated rings. The molecule has 2 atom stereocenters. The first-order valence-electron chi connectivity index (χ1n) is 6.36. The van der Waals surface area contributed by atoms with Crippen molar-refractivity contribution in [2.75, 3.05) is 20.6 Å². The Hall–Kier alpha value is -0.0800. The molecule has 1 rings (SSSR count). The molecule has 0 aromatic heterocycles. The maximum atomic E-state index is 3.70. The molecule has 1 aliphatic rings. The molecule has 0 saturated heterocycles. The van der Waals surface area contributed by atoms with Gasteiger partial charge in [-0.1, -0.05) is 20.8 Å². The minimum atomic E-state index is 0.527. The highest BCUT2D eigenvalue weighted by Crippen LogP contribution is 2.36. The zero-order chi connectivity index (χ0) is 11.5. The fourth-order valence-electron chi connectivity index (χ4n) is 2.66. The van der Waals surface area contributed by atoms with Crippen LogP contribution in [-0.2, 0) is 0 Å². The molecule has 1 N–H and O–H groups in total. The van der Waals surface area contributed by atoms with E-state index >= 15 is 0 Å². The molecular formula is C13H28N2. The second kappa shape index (κ2) is 5.31. The summed E-state index contributed by atoms with van der Waals surface area (Å²) in [6.45, 7) is 8.21. The molecule has 90 valence electrons. The van der Waals surface area contributed by atoms with E-state index in [1.54, 1.807) is 0 Å². The first-order chi connectivity index (χ1) is 6.96. The molecule has 0 amide bonds. The fourth-order valence-corrected chi connectivity index (χ4v) is 2.66. The largest absolute Gasteiger partial charge is 0.312 e. The van der Waals surface area contributed by atoms with Gasteiger partial charge in [-0.3, -0.25) is 0 Å². The Morgan fingerprint density at radius 2 is 2.00 bits per heavy atom. The van der Waals surface area contributed by atoms with Gasteiger partial charge in [-0.2, -0.15) is 0 Å². The van der Waals surface area contributed by atoms with E-state index in [0.717, 1.165) is 6.54 Å². The van der Waals surface area contributed by atoms with Crippen LogP contribution < -0.4 is 5.32 Å². The van der Waals surface area contributed by atoms with Crippen molar-refractivity contribution < 1.29 is 0 Å². The lowest BCUT2D eigenvalue weighted by Crippen LogP contribution is -2.52. The molecular weight excluding hydrogens is 184 g/mol. The molecule has 2 nitrogen and oxygen atoms in total. The normalized spacial score (nSPS) is 30.8. The smallest absolute Gasteiger partial charge is 0.0248 e. The minimum Gasteiger partial charge on any atom is -0.312 e. The summed E-state index contributed by atoms with van der Waals surface area (Å²) < 4.78 is 0. The van der Waals surface area contributed by atoms with Gasteiger partial charge >= 0.3 is 0 Å². The Labute approximate surface area is 95.4 Å². The molecule has 0 spiro atoms. The van der Waals surface area contributed by atoms with Crippen LogP contribution in [0.3, 0.4) is 0 Å². The molecule has 0 aliphatic heterocycles. The molecule has 1 aliphatic carbocycles. The van der Waals surface area contributed by atoms with Gasteiger partial charge in [0.1, 0.15) is 0 Å². The molecule has 2 unspecified atom stereocenters. The van der Waals surface area contributed by atoms with Crippen LogP contribution >= 0.6 is 0 Å². The van der Waals surface area contributed by atoms with Crippen molar-refractivity contribution >= 4 is 0 Å². The summed E-state index contributed by atoms with van der Waals surface area (Å²) in [6.07, 6.45) is 5.25. The van der Waals surface area contributed by atoms with Gasteiger partial charge in [-0.15, -0.1) is 0 Å². The maximum Gasteiger partial charge on any atom is 0.0248 e. The summed E-state index contributed by atoms with van der Waals surface area (Å²) >= 11 is 0. The standard InChI is InChI=1S/C13H28N2/c1-6-9-14-11-7-8-13(2,3)10-12(11)15(4)5/h11-12,14H,6-10H2,1-5H3. The van der Waals surface area contributed by atoms with E-state index in [9.17, 15) is 0 Å². The van der Waals surface area contributed by atoms with Crippen LogP contribution in [0, 0.1) is 5.41 Å². The second-order valence-corrected chi connectivity index (χ2v) is 6.00. The van der Waals surface area contributed by atoms with Crippen LogP contribution in [0.25, 0.3) is 0 Å². The number of hydrogen-bond donors (Lipinski definition) is 1. The summed E-state index contributed by atoms with van der Waals surface area (Å²) in [6, 6.07) is 1.41. The van der Waals surface area contributed by atoms with Gasteiger partial charge in [0.25, 0.3) is 0 Å². The lowest BCUT2D eigenvalue weighted by Gasteiger charge is -2.44. The summed E-state index contributed by atoms with van der Waals surface area (Å²) in [7, 11) is 4.43. The van der Waals surface area contributed by atoms with Crippen molar-refractivity contribution in [2.24, 2.45) is 5.41 Å². The van der Waals surface area contributed by atoms with E-state index in [2.05, 4.69) is 45.1 Å². The first-order valence-corrected chi connectivity index (χ1v) is 6.36. The third-order valence-corrected chi connectivity index (χ3v) is 3.68. The molecule has 0 aromatic rings. The topological polar surface area (TPSA) is 15.3 Å². The van der Waals surface area contributed by atoms with Gasteiger partial charge < -0.3 is 10.2 Å². The molecule has 2 heteroatoms. The number of nitrogens with zero attached hydrogens (tertiary/aromatic N) is 1. The highest BCUT2D eigenvalue weighted by Gasteiger charge is 2.35. The number of rotatable bonds is 4. The molecule has 15 heavy (non-hydrogen) atoms. The SMILES string of the molecule is CCCNC1CCC(C)(C)CC1N(C)C. The zero-order valence-corrected chi connectivity index (χ0v) is 11.1. The van der Waals surface area contributed by atoms with Gasteiger partial charge in [0.05, 0.1) is 0 Å². The number of hydrogen-bond acceptors (Lipinski definition) is 2. The molecule has 0 radical (unpaired) electrons. The van der Waals surface area contributed by atoms with E-state index < -0.39 is 0 Å². The number of likely N-dealkylation sites (N-methyl/N-ethyl adjacent to an activating group) is 1. The Balaban J connectivity index is 2.55. The van der Waals surface area contributed by atoms with E-state index in [1.807, 2.05) is 0 Å². The van der Waals surface area contributed by atoms with Gasteiger partial charge in [0.15, 0.2) is 0 Å². The summed E-state index contributed by atoms with van der Waals surface area (Å²) in [5, 5.41) is 3.70. The second-order valence-electron chi connectivity index (χ2n) is 6.00. The predicted molar refractivity (Wildman–Crippen MR) is 67.2 cm³/mol. The van der Waals surface area contributed by atoms with Crippen LogP contribution in [0.2, 0.25) is 0 Å². The van der Waals surface area contributed by atoms with Crippen LogP contribution in [0.15, 0.2) is 0 Å². The Morgan fingerprint density at radius 1 is 1.33 bits per heavy atom. The van der Waals surface area contributed by atoms with Crippen molar-refractivity contribution in [2.45, 2.75) is 58.5 Å². The fraction of sp³-hybridized carbons (Fsp3) is 1.00. The van der Waals surface area contributed by atoms with Crippen molar-refractivity contribution in [1.29, 1.82) is 0 Å². The third kappa shape index (κ3) is 3.76. The van der Waals surface area contributed by atoms with Crippen molar-refractivity contribution in [3.05, 3.63) is 0 Å². The highest BCUT2D eigenvalue weighted by molar-refractivity contribution is 4.92. The molecule has 0 bridgehead atoms. The van der Waals surface area contributed by atoms with Gasteiger partial charge in [0, 0.05) is 12.1 Å². The monoisotopic (exact) mass is 212 g/mol. The molecule has 0 heterocycles. The van der Waals surface area contributed by atoms with Gasteiger partial charge in [-0.05, 0) is 51.7 Å². The molecule has 1 saturated carbocycles. The van der Waals surface area contributed by atoms with E-state index in [1.165, 1.54) is 25.7 Å². The van der Waals surface area contributed by atoms with Gasteiger partial charge in [-0.25, -0.2) is 0 Å². The summed E-state index contributed by atoms with van der Waals surface area (Å²) in [5.74, 6) is 0. The van der Waals surface area contributed by atoms with Crippen molar-refractivity contribution in [3.8, 4) is 0 Å². The molecule has 0 aromatic carbocycles. The van der Waals surface area contributed by atoms with Crippen LogP contribution in [0.5, 0.6) is 0 Å². The van der Waals surface area contributed by atoms with Crippen molar-refractivity contribution in [3.63, 3.8) is 0 Å². The Kier molecular flexibility index (Phi) is 4.60. The Bertz CT molecular complexity index is 187. The van der Waals surface area contributed by atoms with Gasteiger partial charge in [0.2, 0.25) is 0 Å². The highest BCUT2D eigenvalue weighted by atomic mass is 15.1. The van der Waals surface area contributed by atoms with Crippen LogP contribution in [-0.4, -0.2) is 37.6 Å². The van der Waals surface area contributed by atoms with E-state index in [0.29, 0.717) is 17.5 Å². The average Bonchev–Trinajstić information content (AvgIpc) is 2.15. The Morgan fingerprint density at radius 3 is 2.53 bits per heavy atom. The van der Waals surface area contributed by atoms with Crippen LogP contribution in [0.4, 0.5) is 0 Å². The maximum absolute atomic E-state index is 3.70. The first kappa shape index (κ1) is 13.0. The van der Waals surface area contributed by atoms with E-state index in [-0.39, 0.29) is 0 Å². The lowest BCUT2D eigenvalue weighted by atomic mass is 9.72. The quantitative estimate of drug-likeness (QED) is 0.770. The summed E-state index contributed by atoms with van der Waals surface area (Å²) in [5.41, 5.74) is 0.527. The zero-order valence-electron chi connectivity index (χ0n) is 11.1. The average molecular weight is 212 g/mol. The van der Waals surface area contributed by atoms with Crippen LogP contribution in [0.1, 0.15) is 46.5 Å². The lowest BCUT2D eigenvalue weighted by molar-refractivity contribution is 0.0977. The van der Waals surface area contributed by atoms with Crippen molar-refractivity contribution in [1.82, 2.24) is 10.2 Å².